The first-order valence-electron chi connectivity index (χ1n) is 5.44. The summed E-state index contributed by atoms with van der Waals surface area (Å²) in [6.45, 7) is 1.23. The van der Waals surface area contributed by atoms with Crippen LogP contribution in [-0.4, -0.2) is 26.2 Å². The summed E-state index contributed by atoms with van der Waals surface area (Å²) in [5.41, 5.74) is -0.743. The number of nitriles is 1. The first kappa shape index (κ1) is 12.0. The normalized spacial score (nSPS) is 18.4. The van der Waals surface area contributed by atoms with Crippen LogP contribution in [0.4, 0.5) is 0 Å². The zero-order valence-electron chi connectivity index (χ0n) is 9.21. The Balaban J connectivity index is 2.35. The molecular weight excluding hydrogens is 192 g/mol. The Morgan fingerprint density at radius 3 is 2.73 bits per heavy atom. The number of amides is 1. The number of rotatable bonds is 5. The van der Waals surface area contributed by atoms with Crippen LogP contribution < -0.4 is 5.32 Å². The number of ether oxygens (including phenoxy) is 1. The average molecular weight is 210 g/mol. The lowest BCUT2D eigenvalue weighted by atomic mass is 9.87. The third kappa shape index (κ3) is 2.93. The second-order valence-electron chi connectivity index (χ2n) is 4.00. The molecule has 0 heterocycles. The summed E-state index contributed by atoms with van der Waals surface area (Å²) in [5, 5.41) is 11.9. The zero-order chi connectivity index (χ0) is 11.1. The molecule has 0 saturated heterocycles. The molecule has 0 aromatic rings. The van der Waals surface area contributed by atoms with Crippen LogP contribution in [0.5, 0.6) is 0 Å². The van der Waals surface area contributed by atoms with Gasteiger partial charge in [-0.05, 0) is 19.3 Å². The van der Waals surface area contributed by atoms with E-state index in [-0.39, 0.29) is 5.91 Å². The van der Waals surface area contributed by atoms with E-state index < -0.39 is 5.41 Å². The third-order valence-electron chi connectivity index (χ3n) is 2.92. The van der Waals surface area contributed by atoms with Crippen LogP contribution >= 0.6 is 0 Å². The summed E-state index contributed by atoms with van der Waals surface area (Å²) in [4.78, 5) is 11.8. The van der Waals surface area contributed by atoms with Gasteiger partial charge in [0.1, 0.15) is 5.41 Å². The Kier molecular flexibility index (Phi) is 4.57. The quantitative estimate of drug-likeness (QED) is 0.694. The van der Waals surface area contributed by atoms with Crippen LogP contribution in [-0.2, 0) is 9.53 Å². The molecule has 0 unspecified atom stereocenters. The zero-order valence-corrected chi connectivity index (χ0v) is 9.21. The Labute approximate surface area is 90.6 Å². The van der Waals surface area contributed by atoms with E-state index in [9.17, 15) is 4.79 Å². The van der Waals surface area contributed by atoms with Crippen molar-refractivity contribution in [1.29, 1.82) is 5.26 Å². The molecule has 1 aliphatic rings. The minimum atomic E-state index is -0.743. The second kappa shape index (κ2) is 5.72. The Morgan fingerprint density at radius 2 is 2.20 bits per heavy atom. The van der Waals surface area contributed by atoms with E-state index in [1.807, 2.05) is 0 Å². The van der Waals surface area contributed by atoms with Gasteiger partial charge in [-0.1, -0.05) is 12.8 Å². The second-order valence-corrected chi connectivity index (χ2v) is 4.00. The van der Waals surface area contributed by atoms with Gasteiger partial charge in [-0.2, -0.15) is 5.26 Å². The third-order valence-corrected chi connectivity index (χ3v) is 2.92. The largest absolute Gasteiger partial charge is 0.385 e. The predicted octanol–water partition coefficient (Wildman–Crippen LogP) is 1.22. The van der Waals surface area contributed by atoms with Gasteiger partial charge in [0.2, 0.25) is 5.91 Å². The van der Waals surface area contributed by atoms with Gasteiger partial charge >= 0.3 is 0 Å². The van der Waals surface area contributed by atoms with Crippen LogP contribution in [0, 0.1) is 16.7 Å². The number of nitrogens with one attached hydrogen (secondary N) is 1. The lowest BCUT2D eigenvalue weighted by molar-refractivity contribution is -0.127. The van der Waals surface area contributed by atoms with Gasteiger partial charge in [0.15, 0.2) is 0 Å². The van der Waals surface area contributed by atoms with Crippen LogP contribution in [0.2, 0.25) is 0 Å². The molecular formula is C11H18N2O2. The van der Waals surface area contributed by atoms with E-state index in [4.69, 9.17) is 10.00 Å². The molecule has 1 aliphatic carbocycles. The summed E-state index contributed by atoms with van der Waals surface area (Å²) >= 11 is 0. The molecule has 0 aliphatic heterocycles. The fourth-order valence-corrected chi connectivity index (χ4v) is 1.96. The van der Waals surface area contributed by atoms with Gasteiger partial charge in [-0.3, -0.25) is 4.79 Å². The van der Waals surface area contributed by atoms with Crippen molar-refractivity contribution in [3.05, 3.63) is 0 Å². The SMILES string of the molecule is COCCCNC(=O)C1(C#N)CCCC1. The van der Waals surface area contributed by atoms with Crippen LogP contribution in [0.15, 0.2) is 0 Å². The van der Waals surface area contributed by atoms with Gasteiger partial charge in [0.05, 0.1) is 6.07 Å². The fraction of sp³-hybridized carbons (Fsp3) is 0.818. The molecule has 0 radical (unpaired) electrons. The van der Waals surface area contributed by atoms with Gasteiger partial charge in [-0.25, -0.2) is 0 Å². The molecule has 1 saturated carbocycles. The van der Waals surface area contributed by atoms with Gasteiger partial charge < -0.3 is 10.1 Å². The van der Waals surface area contributed by atoms with Crippen molar-refractivity contribution < 1.29 is 9.53 Å². The van der Waals surface area contributed by atoms with Gasteiger partial charge in [-0.15, -0.1) is 0 Å². The fourth-order valence-electron chi connectivity index (χ4n) is 1.96. The molecule has 0 spiro atoms. The molecule has 1 rings (SSSR count). The summed E-state index contributed by atoms with van der Waals surface area (Å²) in [7, 11) is 1.63. The molecule has 1 fully saturated rings. The highest BCUT2D eigenvalue weighted by atomic mass is 16.5. The molecule has 0 atom stereocenters. The number of methoxy groups -OCH3 is 1. The number of carbonyl (C=O) groups is 1. The maximum atomic E-state index is 11.8. The van der Waals surface area contributed by atoms with Crippen molar-refractivity contribution in [2.75, 3.05) is 20.3 Å². The molecule has 0 aromatic carbocycles. The molecule has 15 heavy (non-hydrogen) atoms. The molecule has 1 amide bonds. The molecule has 1 N–H and O–H groups in total. The lowest BCUT2D eigenvalue weighted by Crippen LogP contribution is -2.38. The van der Waals surface area contributed by atoms with E-state index in [2.05, 4.69) is 11.4 Å². The first-order chi connectivity index (χ1) is 7.25. The van der Waals surface area contributed by atoms with Crippen molar-refractivity contribution in [3.63, 3.8) is 0 Å². The molecule has 4 heteroatoms. The molecule has 84 valence electrons. The summed E-state index contributed by atoms with van der Waals surface area (Å²) < 4.78 is 4.88. The smallest absolute Gasteiger partial charge is 0.240 e. The number of nitrogens with zero attached hydrogens (tertiary/aromatic N) is 1. The Hall–Kier alpha value is -1.08. The Bertz CT molecular complexity index is 252. The predicted molar refractivity (Wildman–Crippen MR) is 56.0 cm³/mol. The minimum Gasteiger partial charge on any atom is -0.385 e. The monoisotopic (exact) mass is 210 g/mol. The first-order valence-corrected chi connectivity index (χ1v) is 5.44. The highest BCUT2D eigenvalue weighted by Crippen LogP contribution is 2.37. The van der Waals surface area contributed by atoms with E-state index in [0.717, 1.165) is 19.3 Å². The van der Waals surface area contributed by atoms with Crippen molar-refractivity contribution in [3.8, 4) is 6.07 Å². The average Bonchev–Trinajstić information content (AvgIpc) is 2.74. The van der Waals surface area contributed by atoms with E-state index in [1.165, 1.54) is 0 Å². The number of carbonyl (C=O) groups excluding carboxylic acids is 1. The highest BCUT2D eigenvalue weighted by Gasteiger charge is 2.41. The van der Waals surface area contributed by atoms with E-state index in [0.29, 0.717) is 26.0 Å². The van der Waals surface area contributed by atoms with Crippen LogP contribution in [0.25, 0.3) is 0 Å². The van der Waals surface area contributed by atoms with Crippen LogP contribution in [0.3, 0.4) is 0 Å². The standard InChI is InChI=1S/C11H18N2O2/c1-15-8-4-7-13-10(14)11(9-12)5-2-3-6-11/h2-8H2,1H3,(H,13,14). The Morgan fingerprint density at radius 1 is 1.53 bits per heavy atom. The summed E-state index contributed by atoms with van der Waals surface area (Å²) in [6.07, 6.45) is 4.18. The maximum Gasteiger partial charge on any atom is 0.240 e. The summed E-state index contributed by atoms with van der Waals surface area (Å²) in [5.74, 6) is -0.0985. The van der Waals surface area contributed by atoms with E-state index in [1.54, 1.807) is 7.11 Å². The van der Waals surface area contributed by atoms with Crippen molar-refractivity contribution >= 4 is 5.91 Å². The number of hydrogen-bond acceptors (Lipinski definition) is 3. The summed E-state index contributed by atoms with van der Waals surface area (Å²) in [6, 6.07) is 2.17. The van der Waals surface area contributed by atoms with Gasteiger partial charge in [0, 0.05) is 20.3 Å². The van der Waals surface area contributed by atoms with E-state index >= 15 is 0 Å². The molecule has 0 bridgehead atoms. The van der Waals surface area contributed by atoms with Crippen LogP contribution in [0.1, 0.15) is 32.1 Å². The maximum absolute atomic E-state index is 11.8. The molecule has 0 aromatic heterocycles. The van der Waals surface area contributed by atoms with Gasteiger partial charge in [0.25, 0.3) is 0 Å². The van der Waals surface area contributed by atoms with Crippen molar-refractivity contribution in [2.24, 2.45) is 5.41 Å². The van der Waals surface area contributed by atoms with Crippen molar-refractivity contribution in [2.45, 2.75) is 32.1 Å². The topological polar surface area (TPSA) is 62.1 Å². The van der Waals surface area contributed by atoms with Crippen molar-refractivity contribution in [1.82, 2.24) is 5.32 Å². The minimum absolute atomic E-state index is 0.0985. The highest BCUT2D eigenvalue weighted by molar-refractivity contribution is 5.85. The lowest BCUT2D eigenvalue weighted by Gasteiger charge is -2.18. The molecule has 4 nitrogen and oxygen atoms in total. The number of hydrogen-bond donors (Lipinski definition) is 1.